The van der Waals surface area contributed by atoms with Crippen molar-refractivity contribution in [3.8, 4) is 0 Å². The third-order valence-electron chi connectivity index (χ3n) is 2.41. The summed E-state index contributed by atoms with van der Waals surface area (Å²) in [5.41, 5.74) is 6.66. The van der Waals surface area contributed by atoms with Crippen LogP contribution in [0, 0.1) is 0 Å². The zero-order valence-corrected chi connectivity index (χ0v) is 9.50. The van der Waals surface area contributed by atoms with Gasteiger partial charge in [0.05, 0.1) is 0 Å². The van der Waals surface area contributed by atoms with E-state index in [-0.39, 0.29) is 5.84 Å². The van der Waals surface area contributed by atoms with Crippen LogP contribution in [0.4, 0.5) is 0 Å². The molecular weight excluding hydrogens is 204 g/mol. The van der Waals surface area contributed by atoms with Crippen LogP contribution in [0.2, 0.25) is 0 Å². The number of pyridine rings is 1. The maximum absolute atomic E-state index is 8.39. The molecule has 0 saturated heterocycles. The highest BCUT2D eigenvalue weighted by atomic mass is 16.4. The number of aromatic nitrogens is 1. The molecule has 3 N–H and O–H groups in total. The zero-order valence-electron chi connectivity index (χ0n) is 9.50. The molecule has 0 aliphatic carbocycles. The van der Waals surface area contributed by atoms with Gasteiger partial charge in [-0.05, 0) is 31.2 Å². The number of oxime groups is 1. The fourth-order valence-corrected chi connectivity index (χ4v) is 1.34. The molecule has 0 aliphatic rings. The lowest BCUT2D eigenvalue weighted by Crippen LogP contribution is -2.26. The van der Waals surface area contributed by atoms with Gasteiger partial charge in [0.15, 0.2) is 0 Å². The average molecular weight is 222 g/mol. The molecule has 0 atom stereocenters. The topological polar surface area (TPSA) is 74.7 Å². The maximum atomic E-state index is 8.39. The Morgan fingerprint density at radius 3 is 2.75 bits per heavy atom. The van der Waals surface area contributed by atoms with Crippen molar-refractivity contribution in [1.82, 2.24) is 9.88 Å². The second kappa shape index (κ2) is 6.79. The summed E-state index contributed by atoms with van der Waals surface area (Å²) in [6.45, 7) is 1.74. The predicted molar refractivity (Wildman–Crippen MR) is 63.5 cm³/mol. The highest BCUT2D eigenvalue weighted by molar-refractivity contribution is 5.79. The normalized spacial score (nSPS) is 12.0. The molecule has 16 heavy (non-hydrogen) atoms. The summed E-state index contributed by atoms with van der Waals surface area (Å²) in [4.78, 5) is 6.12. The largest absolute Gasteiger partial charge is 0.409 e. The minimum atomic E-state index is 0.274. The second-order valence-corrected chi connectivity index (χ2v) is 3.75. The van der Waals surface area contributed by atoms with Crippen LogP contribution in [0.15, 0.2) is 29.7 Å². The summed E-state index contributed by atoms with van der Waals surface area (Å²) in [6, 6.07) is 4.02. The summed E-state index contributed by atoms with van der Waals surface area (Å²) in [5.74, 6) is 0.274. The molecule has 5 heteroatoms. The van der Waals surface area contributed by atoms with Crippen molar-refractivity contribution < 1.29 is 5.21 Å². The first kappa shape index (κ1) is 12.4. The molecule has 0 aromatic carbocycles. The van der Waals surface area contributed by atoms with Gasteiger partial charge in [0.1, 0.15) is 5.84 Å². The van der Waals surface area contributed by atoms with E-state index in [4.69, 9.17) is 10.9 Å². The Hall–Kier alpha value is -1.62. The van der Waals surface area contributed by atoms with Gasteiger partial charge in [0, 0.05) is 31.9 Å². The first-order chi connectivity index (χ1) is 7.72. The van der Waals surface area contributed by atoms with Crippen LogP contribution >= 0.6 is 0 Å². The summed E-state index contributed by atoms with van der Waals surface area (Å²) in [7, 11) is 2.02. The molecule has 1 aromatic rings. The highest BCUT2D eigenvalue weighted by Crippen LogP contribution is 1.99. The highest BCUT2D eigenvalue weighted by Gasteiger charge is 2.01. The van der Waals surface area contributed by atoms with E-state index in [1.54, 1.807) is 12.4 Å². The number of hydrogen-bond donors (Lipinski definition) is 2. The Morgan fingerprint density at radius 2 is 2.12 bits per heavy atom. The Bertz CT molecular complexity index is 326. The van der Waals surface area contributed by atoms with E-state index in [0.29, 0.717) is 6.42 Å². The Kier molecular flexibility index (Phi) is 5.28. The SMILES string of the molecule is CN(CC/C(N)=N/O)CCc1ccncc1. The van der Waals surface area contributed by atoms with Crippen molar-refractivity contribution in [2.45, 2.75) is 12.8 Å². The molecule has 0 spiro atoms. The maximum Gasteiger partial charge on any atom is 0.140 e. The third kappa shape index (κ3) is 4.75. The summed E-state index contributed by atoms with van der Waals surface area (Å²) < 4.78 is 0. The fourth-order valence-electron chi connectivity index (χ4n) is 1.34. The summed E-state index contributed by atoms with van der Waals surface area (Å²) in [5, 5.41) is 11.3. The van der Waals surface area contributed by atoms with Crippen LogP contribution in [-0.4, -0.2) is 41.1 Å². The van der Waals surface area contributed by atoms with Gasteiger partial charge in [-0.2, -0.15) is 0 Å². The van der Waals surface area contributed by atoms with Gasteiger partial charge in [0.25, 0.3) is 0 Å². The van der Waals surface area contributed by atoms with Gasteiger partial charge >= 0.3 is 0 Å². The lowest BCUT2D eigenvalue weighted by atomic mass is 10.2. The van der Waals surface area contributed by atoms with Crippen LogP contribution in [0.3, 0.4) is 0 Å². The molecule has 0 aliphatic heterocycles. The van der Waals surface area contributed by atoms with Gasteiger partial charge in [-0.3, -0.25) is 4.98 Å². The van der Waals surface area contributed by atoms with Gasteiger partial charge in [-0.25, -0.2) is 0 Å². The molecule has 0 fully saturated rings. The van der Waals surface area contributed by atoms with Crippen LogP contribution < -0.4 is 5.73 Å². The minimum Gasteiger partial charge on any atom is -0.409 e. The molecule has 0 amide bonds. The van der Waals surface area contributed by atoms with Crippen LogP contribution in [0.25, 0.3) is 0 Å². The molecule has 0 unspecified atom stereocenters. The van der Waals surface area contributed by atoms with Crippen LogP contribution in [0.1, 0.15) is 12.0 Å². The van der Waals surface area contributed by atoms with Crippen molar-refractivity contribution in [3.63, 3.8) is 0 Å². The second-order valence-electron chi connectivity index (χ2n) is 3.75. The van der Waals surface area contributed by atoms with Gasteiger partial charge in [-0.15, -0.1) is 0 Å². The predicted octanol–water partition coefficient (Wildman–Crippen LogP) is 0.692. The van der Waals surface area contributed by atoms with Gasteiger partial charge in [-0.1, -0.05) is 5.16 Å². The Labute approximate surface area is 95.6 Å². The molecule has 0 radical (unpaired) electrons. The molecule has 1 rings (SSSR count). The van der Waals surface area contributed by atoms with Crippen molar-refractivity contribution in [1.29, 1.82) is 0 Å². The van der Waals surface area contributed by atoms with Crippen molar-refractivity contribution >= 4 is 5.84 Å². The van der Waals surface area contributed by atoms with Crippen LogP contribution in [0.5, 0.6) is 0 Å². The fraction of sp³-hybridized carbons (Fsp3) is 0.455. The number of nitrogens with two attached hydrogens (primary N) is 1. The first-order valence-corrected chi connectivity index (χ1v) is 5.26. The van der Waals surface area contributed by atoms with E-state index in [2.05, 4.69) is 15.0 Å². The van der Waals surface area contributed by atoms with E-state index in [9.17, 15) is 0 Å². The summed E-state index contributed by atoms with van der Waals surface area (Å²) >= 11 is 0. The quantitative estimate of drug-likeness (QED) is 0.321. The smallest absolute Gasteiger partial charge is 0.140 e. The molecule has 0 saturated carbocycles. The molecule has 88 valence electrons. The van der Waals surface area contributed by atoms with Gasteiger partial charge in [0.2, 0.25) is 0 Å². The van der Waals surface area contributed by atoms with Crippen molar-refractivity contribution in [2.75, 3.05) is 20.1 Å². The lowest BCUT2D eigenvalue weighted by molar-refractivity contribution is 0.311. The first-order valence-electron chi connectivity index (χ1n) is 5.26. The van der Waals surface area contributed by atoms with E-state index < -0.39 is 0 Å². The molecule has 0 bridgehead atoms. The standard InChI is InChI=1S/C11H18N4O/c1-15(9-5-11(12)14-16)8-4-10-2-6-13-7-3-10/h2-3,6-7,16H,4-5,8-9H2,1H3,(H2,12,14). The molecule has 1 heterocycles. The van der Waals surface area contributed by atoms with Crippen LogP contribution in [-0.2, 0) is 6.42 Å². The number of amidine groups is 1. The van der Waals surface area contributed by atoms with Crippen molar-refractivity contribution in [3.05, 3.63) is 30.1 Å². The van der Waals surface area contributed by atoms with E-state index >= 15 is 0 Å². The minimum absolute atomic E-state index is 0.274. The molecular formula is C11H18N4O. The third-order valence-corrected chi connectivity index (χ3v) is 2.41. The van der Waals surface area contributed by atoms with E-state index in [0.717, 1.165) is 19.5 Å². The van der Waals surface area contributed by atoms with Gasteiger partial charge < -0.3 is 15.8 Å². The van der Waals surface area contributed by atoms with E-state index in [1.807, 2.05) is 19.2 Å². The zero-order chi connectivity index (χ0) is 11.8. The van der Waals surface area contributed by atoms with Crippen molar-refractivity contribution in [2.24, 2.45) is 10.9 Å². The monoisotopic (exact) mass is 222 g/mol. The molecule has 5 nitrogen and oxygen atoms in total. The number of rotatable bonds is 6. The average Bonchev–Trinajstić information content (AvgIpc) is 2.34. The number of likely N-dealkylation sites (N-methyl/N-ethyl adjacent to an activating group) is 1. The Balaban J connectivity index is 2.23. The number of hydrogen-bond acceptors (Lipinski definition) is 4. The lowest BCUT2D eigenvalue weighted by Gasteiger charge is -2.15. The molecule has 1 aromatic heterocycles. The number of nitrogens with zero attached hydrogens (tertiary/aromatic N) is 3. The summed E-state index contributed by atoms with van der Waals surface area (Å²) in [6.07, 6.45) is 5.16. The van der Waals surface area contributed by atoms with E-state index in [1.165, 1.54) is 5.56 Å². The Morgan fingerprint density at radius 1 is 1.44 bits per heavy atom.